The van der Waals surface area contributed by atoms with Gasteiger partial charge in [0, 0.05) is 5.69 Å². The third-order valence-corrected chi connectivity index (χ3v) is 4.27. The Morgan fingerprint density at radius 3 is 2.19 bits per heavy atom. The van der Waals surface area contributed by atoms with Crippen molar-refractivity contribution in [1.29, 1.82) is 10.5 Å². The summed E-state index contributed by atoms with van der Waals surface area (Å²) in [5.74, 6) is 0. The van der Waals surface area contributed by atoms with E-state index in [4.69, 9.17) is 10.5 Å². The Kier molecular flexibility index (Phi) is 3.93. The zero-order chi connectivity index (χ0) is 15.5. The van der Waals surface area contributed by atoms with Crippen LogP contribution in [0.25, 0.3) is 0 Å². The van der Waals surface area contributed by atoms with Gasteiger partial charge in [-0.1, -0.05) is 0 Å². The number of anilines is 1. The Bertz CT molecular complexity index is 857. The molecule has 0 aromatic heterocycles. The highest BCUT2D eigenvalue weighted by Gasteiger charge is 2.15. The summed E-state index contributed by atoms with van der Waals surface area (Å²) < 4.78 is 26.9. The minimum atomic E-state index is -3.72. The SMILES string of the molecule is Cc1cc(S(=O)(=O)Nc2ccc(C#N)cc2)ccc1C#N. The van der Waals surface area contributed by atoms with Crippen LogP contribution in [0.1, 0.15) is 16.7 Å². The second kappa shape index (κ2) is 5.66. The molecule has 0 heterocycles. The number of nitriles is 2. The summed E-state index contributed by atoms with van der Waals surface area (Å²) in [5, 5.41) is 17.6. The standard InChI is InChI=1S/C15H11N3O2S/c1-11-8-15(7-4-13(11)10-17)21(19,20)18-14-5-2-12(9-16)3-6-14/h2-8,18H,1H3. The molecule has 0 saturated carbocycles. The molecule has 0 spiro atoms. The van der Waals surface area contributed by atoms with Crippen LogP contribution in [0.15, 0.2) is 47.4 Å². The van der Waals surface area contributed by atoms with Gasteiger partial charge in [0.05, 0.1) is 28.2 Å². The summed E-state index contributed by atoms with van der Waals surface area (Å²) >= 11 is 0. The van der Waals surface area contributed by atoms with Crippen molar-refractivity contribution >= 4 is 15.7 Å². The zero-order valence-corrected chi connectivity index (χ0v) is 12.0. The van der Waals surface area contributed by atoms with Crippen LogP contribution in [0.2, 0.25) is 0 Å². The molecule has 104 valence electrons. The fourth-order valence-electron chi connectivity index (χ4n) is 1.76. The van der Waals surface area contributed by atoms with Gasteiger partial charge in [-0.05, 0) is 55.0 Å². The van der Waals surface area contributed by atoms with E-state index in [1.807, 2.05) is 12.1 Å². The Hall–Kier alpha value is -2.83. The molecule has 21 heavy (non-hydrogen) atoms. The molecular formula is C15H11N3O2S. The first kappa shape index (κ1) is 14.6. The summed E-state index contributed by atoms with van der Waals surface area (Å²) in [6, 6.07) is 14.4. The number of hydrogen-bond acceptors (Lipinski definition) is 4. The minimum absolute atomic E-state index is 0.0864. The van der Waals surface area contributed by atoms with E-state index in [1.54, 1.807) is 6.92 Å². The lowest BCUT2D eigenvalue weighted by molar-refractivity contribution is 0.601. The molecule has 2 rings (SSSR count). The summed E-state index contributed by atoms with van der Waals surface area (Å²) in [4.78, 5) is 0.0864. The van der Waals surface area contributed by atoms with Crippen molar-refractivity contribution in [2.45, 2.75) is 11.8 Å². The maximum atomic E-state index is 12.2. The second-order valence-electron chi connectivity index (χ2n) is 4.38. The number of benzene rings is 2. The molecule has 0 unspecified atom stereocenters. The van der Waals surface area contributed by atoms with E-state index in [9.17, 15) is 8.42 Å². The Morgan fingerprint density at radius 2 is 1.67 bits per heavy atom. The fraction of sp³-hybridized carbons (Fsp3) is 0.0667. The smallest absolute Gasteiger partial charge is 0.261 e. The molecule has 6 heteroatoms. The van der Waals surface area contributed by atoms with Crippen molar-refractivity contribution in [3.8, 4) is 12.1 Å². The summed E-state index contributed by atoms with van der Waals surface area (Å²) in [6.45, 7) is 1.68. The van der Waals surface area contributed by atoms with E-state index >= 15 is 0 Å². The summed E-state index contributed by atoms with van der Waals surface area (Å²) in [7, 11) is -3.72. The van der Waals surface area contributed by atoms with Gasteiger partial charge in [0.15, 0.2) is 0 Å². The molecule has 0 aliphatic heterocycles. The van der Waals surface area contributed by atoms with E-state index in [0.717, 1.165) is 0 Å². The molecule has 0 fully saturated rings. The topological polar surface area (TPSA) is 93.8 Å². The highest BCUT2D eigenvalue weighted by molar-refractivity contribution is 7.92. The average molecular weight is 297 g/mol. The van der Waals surface area contributed by atoms with E-state index in [2.05, 4.69) is 4.72 Å². The first-order chi connectivity index (χ1) is 9.96. The van der Waals surface area contributed by atoms with E-state index in [-0.39, 0.29) is 4.90 Å². The van der Waals surface area contributed by atoms with Crippen LogP contribution in [-0.2, 0) is 10.0 Å². The van der Waals surface area contributed by atoms with Gasteiger partial charge >= 0.3 is 0 Å². The van der Waals surface area contributed by atoms with Gasteiger partial charge in [-0.3, -0.25) is 4.72 Å². The van der Waals surface area contributed by atoms with Gasteiger partial charge in [-0.15, -0.1) is 0 Å². The van der Waals surface area contributed by atoms with Crippen LogP contribution in [0.5, 0.6) is 0 Å². The monoisotopic (exact) mass is 297 g/mol. The highest BCUT2D eigenvalue weighted by Crippen LogP contribution is 2.19. The van der Waals surface area contributed by atoms with Crippen molar-refractivity contribution in [1.82, 2.24) is 0 Å². The summed E-state index contributed by atoms with van der Waals surface area (Å²) in [5.41, 5.74) is 1.86. The lowest BCUT2D eigenvalue weighted by atomic mass is 10.1. The van der Waals surface area contributed by atoms with Crippen LogP contribution in [0.3, 0.4) is 0 Å². The number of sulfonamides is 1. The molecule has 0 aliphatic carbocycles. The van der Waals surface area contributed by atoms with Crippen LogP contribution >= 0.6 is 0 Å². The van der Waals surface area contributed by atoms with Gasteiger partial charge in [0.2, 0.25) is 0 Å². The van der Waals surface area contributed by atoms with Gasteiger partial charge in [0.25, 0.3) is 10.0 Å². The molecule has 0 bridgehead atoms. The molecule has 2 aromatic rings. The second-order valence-corrected chi connectivity index (χ2v) is 6.07. The van der Waals surface area contributed by atoms with Crippen molar-refractivity contribution < 1.29 is 8.42 Å². The van der Waals surface area contributed by atoms with Gasteiger partial charge < -0.3 is 0 Å². The van der Waals surface area contributed by atoms with Gasteiger partial charge in [-0.2, -0.15) is 10.5 Å². The highest BCUT2D eigenvalue weighted by atomic mass is 32.2. The lowest BCUT2D eigenvalue weighted by Crippen LogP contribution is -2.13. The Balaban J connectivity index is 2.32. The van der Waals surface area contributed by atoms with Crippen molar-refractivity contribution in [2.24, 2.45) is 0 Å². The molecule has 5 nitrogen and oxygen atoms in total. The quantitative estimate of drug-likeness (QED) is 0.942. The number of rotatable bonds is 3. The minimum Gasteiger partial charge on any atom is -0.280 e. The van der Waals surface area contributed by atoms with Crippen LogP contribution in [0, 0.1) is 29.6 Å². The third-order valence-electron chi connectivity index (χ3n) is 2.89. The molecule has 0 aliphatic rings. The predicted octanol–water partition coefficient (Wildman–Crippen LogP) is 2.54. The van der Waals surface area contributed by atoms with Crippen LogP contribution < -0.4 is 4.72 Å². The Morgan fingerprint density at radius 1 is 1.00 bits per heavy atom. The first-order valence-corrected chi connectivity index (χ1v) is 7.48. The molecule has 1 N–H and O–H groups in total. The average Bonchev–Trinajstić information content (AvgIpc) is 2.47. The maximum absolute atomic E-state index is 12.2. The molecule has 0 radical (unpaired) electrons. The van der Waals surface area contributed by atoms with Crippen LogP contribution in [0.4, 0.5) is 5.69 Å². The van der Waals surface area contributed by atoms with E-state index < -0.39 is 10.0 Å². The lowest BCUT2D eigenvalue weighted by Gasteiger charge is -2.09. The molecule has 2 aromatic carbocycles. The van der Waals surface area contributed by atoms with Gasteiger partial charge in [0.1, 0.15) is 0 Å². The zero-order valence-electron chi connectivity index (χ0n) is 11.2. The van der Waals surface area contributed by atoms with Gasteiger partial charge in [-0.25, -0.2) is 8.42 Å². The largest absolute Gasteiger partial charge is 0.280 e. The summed E-state index contributed by atoms with van der Waals surface area (Å²) in [6.07, 6.45) is 0. The maximum Gasteiger partial charge on any atom is 0.261 e. The van der Waals surface area contributed by atoms with Crippen molar-refractivity contribution in [3.63, 3.8) is 0 Å². The van der Waals surface area contributed by atoms with Crippen molar-refractivity contribution in [2.75, 3.05) is 4.72 Å². The third kappa shape index (κ3) is 3.19. The number of hydrogen-bond donors (Lipinski definition) is 1. The molecule has 0 saturated heterocycles. The predicted molar refractivity (Wildman–Crippen MR) is 77.9 cm³/mol. The molecule has 0 atom stereocenters. The van der Waals surface area contributed by atoms with Crippen LogP contribution in [-0.4, -0.2) is 8.42 Å². The normalized spacial score (nSPS) is 10.4. The number of nitrogens with one attached hydrogen (secondary N) is 1. The number of nitrogens with zero attached hydrogens (tertiary/aromatic N) is 2. The molecular weight excluding hydrogens is 286 g/mol. The van der Waals surface area contributed by atoms with Crippen molar-refractivity contribution in [3.05, 3.63) is 59.2 Å². The van der Waals surface area contributed by atoms with E-state index in [1.165, 1.54) is 42.5 Å². The van der Waals surface area contributed by atoms with E-state index in [0.29, 0.717) is 22.4 Å². The Labute approximate surface area is 123 Å². The molecule has 0 amide bonds. The first-order valence-electron chi connectivity index (χ1n) is 6.00. The fourth-order valence-corrected chi connectivity index (χ4v) is 2.90. The number of aryl methyl sites for hydroxylation is 1.